The fraction of sp³-hybridized carbons (Fsp3) is 0. The number of nitrogens with zero attached hydrogens (tertiary/aromatic N) is 1. The Bertz CT molecular complexity index is 2620. The Hall–Kier alpha value is -6.96. The molecule has 0 bridgehead atoms. The first-order valence-corrected chi connectivity index (χ1v) is 18.2. The number of fused-ring (bicyclic) bond motifs is 1. The molecule has 9 aromatic carbocycles. The molecule has 0 fully saturated rings. The molecule has 0 saturated heterocycles. The van der Waals surface area contributed by atoms with Gasteiger partial charge in [0, 0.05) is 16.6 Å². The minimum atomic E-state index is 1.09. The molecule has 0 heterocycles. The lowest BCUT2D eigenvalue weighted by Crippen LogP contribution is -2.12. The molecule has 0 saturated carbocycles. The molecule has 53 heavy (non-hydrogen) atoms. The third-order valence-electron chi connectivity index (χ3n) is 10.1. The van der Waals surface area contributed by atoms with Gasteiger partial charge in [0.15, 0.2) is 0 Å². The predicted octanol–water partition coefficient (Wildman–Crippen LogP) is 14.6. The quantitative estimate of drug-likeness (QED) is 0.155. The minimum absolute atomic E-state index is 1.09. The van der Waals surface area contributed by atoms with Crippen molar-refractivity contribution in [1.29, 1.82) is 0 Å². The highest BCUT2D eigenvalue weighted by Crippen LogP contribution is 2.46. The zero-order valence-electron chi connectivity index (χ0n) is 29.3. The van der Waals surface area contributed by atoms with Crippen LogP contribution in [-0.4, -0.2) is 0 Å². The van der Waals surface area contributed by atoms with Crippen LogP contribution in [0.5, 0.6) is 0 Å². The van der Waals surface area contributed by atoms with Gasteiger partial charge in [0.05, 0.1) is 11.4 Å². The maximum Gasteiger partial charge on any atom is 0.0540 e. The van der Waals surface area contributed by atoms with Crippen molar-refractivity contribution in [2.24, 2.45) is 0 Å². The number of rotatable bonds is 8. The van der Waals surface area contributed by atoms with Gasteiger partial charge in [-0.25, -0.2) is 0 Å². The van der Waals surface area contributed by atoms with Crippen LogP contribution >= 0.6 is 0 Å². The molecule has 9 aromatic rings. The molecule has 0 atom stereocenters. The average molecular weight is 676 g/mol. The van der Waals surface area contributed by atoms with Crippen LogP contribution in [0.3, 0.4) is 0 Å². The standard InChI is InChI=1S/C52H37N/c1-5-17-38(18-6-1)44-33-36-51(49(37-44)41-21-9-3-10-22-41)53(50-30-15-26-39-23-13-14-27-46(39)50)45-34-31-42(32-35-45)48-29-16-28-47(40-19-7-2-8-20-40)52(48)43-24-11-4-12-25-43/h1-37H. The third kappa shape index (κ3) is 6.30. The molecular formula is C52H37N. The van der Waals surface area contributed by atoms with Gasteiger partial charge in [-0.15, -0.1) is 0 Å². The van der Waals surface area contributed by atoms with Crippen molar-refractivity contribution in [1.82, 2.24) is 0 Å². The summed E-state index contributed by atoms with van der Waals surface area (Å²) < 4.78 is 0. The van der Waals surface area contributed by atoms with Crippen LogP contribution in [0.1, 0.15) is 0 Å². The average Bonchev–Trinajstić information content (AvgIpc) is 3.25. The van der Waals surface area contributed by atoms with E-state index in [4.69, 9.17) is 0 Å². The first-order valence-electron chi connectivity index (χ1n) is 18.2. The van der Waals surface area contributed by atoms with E-state index in [-0.39, 0.29) is 0 Å². The van der Waals surface area contributed by atoms with E-state index in [0.29, 0.717) is 0 Å². The first-order chi connectivity index (χ1) is 26.3. The van der Waals surface area contributed by atoms with Crippen LogP contribution in [0.25, 0.3) is 66.4 Å². The summed E-state index contributed by atoms with van der Waals surface area (Å²) in [6, 6.07) is 80.8. The molecule has 0 aliphatic rings. The Labute approximate surface area is 311 Å². The molecule has 1 heteroatoms. The lowest BCUT2D eigenvalue weighted by Gasteiger charge is -2.29. The molecule has 1 nitrogen and oxygen atoms in total. The van der Waals surface area contributed by atoms with Crippen LogP contribution in [0, 0.1) is 0 Å². The number of benzene rings is 9. The molecule has 0 spiro atoms. The van der Waals surface area contributed by atoms with Crippen molar-refractivity contribution in [3.05, 3.63) is 224 Å². The lowest BCUT2D eigenvalue weighted by molar-refractivity contribution is 1.30. The largest absolute Gasteiger partial charge is 0.309 e. The smallest absolute Gasteiger partial charge is 0.0540 e. The zero-order chi connectivity index (χ0) is 35.4. The maximum absolute atomic E-state index is 2.43. The molecule has 250 valence electrons. The summed E-state index contributed by atoms with van der Waals surface area (Å²) in [4.78, 5) is 2.43. The summed E-state index contributed by atoms with van der Waals surface area (Å²) in [6.45, 7) is 0. The zero-order valence-corrected chi connectivity index (χ0v) is 29.3. The summed E-state index contributed by atoms with van der Waals surface area (Å²) in [5.41, 5.74) is 15.3. The molecular weight excluding hydrogens is 639 g/mol. The van der Waals surface area contributed by atoms with Crippen LogP contribution in [0.15, 0.2) is 224 Å². The van der Waals surface area contributed by atoms with Crippen LogP contribution < -0.4 is 4.90 Å². The molecule has 0 N–H and O–H groups in total. The van der Waals surface area contributed by atoms with E-state index in [1.54, 1.807) is 0 Å². The number of hydrogen-bond acceptors (Lipinski definition) is 1. The van der Waals surface area contributed by atoms with E-state index in [1.165, 1.54) is 66.4 Å². The van der Waals surface area contributed by atoms with Crippen molar-refractivity contribution >= 4 is 27.8 Å². The summed E-state index contributed by atoms with van der Waals surface area (Å²) in [6.07, 6.45) is 0. The molecule has 0 aliphatic carbocycles. The van der Waals surface area contributed by atoms with E-state index in [0.717, 1.165) is 17.1 Å². The molecule has 0 unspecified atom stereocenters. The van der Waals surface area contributed by atoms with Crippen LogP contribution in [0.4, 0.5) is 17.1 Å². The van der Waals surface area contributed by atoms with E-state index < -0.39 is 0 Å². The fourth-order valence-electron chi connectivity index (χ4n) is 7.56. The fourth-order valence-corrected chi connectivity index (χ4v) is 7.56. The summed E-state index contributed by atoms with van der Waals surface area (Å²) >= 11 is 0. The Morgan fingerprint density at radius 1 is 0.264 bits per heavy atom. The van der Waals surface area contributed by atoms with Gasteiger partial charge in [-0.3, -0.25) is 0 Å². The molecule has 0 aliphatic heterocycles. The van der Waals surface area contributed by atoms with Gasteiger partial charge < -0.3 is 4.90 Å². The second kappa shape index (κ2) is 14.3. The van der Waals surface area contributed by atoms with Crippen molar-refractivity contribution in [3.8, 4) is 55.6 Å². The SMILES string of the molecule is c1ccc(-c2ccc(N(c3ccc(-c4cccc(-c5ccccc5)c4-c4ccccc4)cc3)c3cccc4ccccc34)c(-c3ccccc3)c2)cc1. The Balaban J connectivity index is 1.24. The number of anilines is 3. The van der Waals surface area contributed by atoms with Gasteiger partial charge in [-0.05, 0) is 85.8 Å². The second-order valence-electron chi connectivity index (χ2n) is 13.3. The van der Waals surface area contributed by atoms with Gasteiger partial charge in [-0.1, -0.05) is 194 Å². The third-order valence-corrected chi connectivity index (χ3v) is 10.1. The first kappa shape index (κ1) is 32.0. The molecule has 9 rings (SSSR count). The Kier molecular flexibility index (Phi) is 8.66. The van der Waals surface area contributed by atoms with E-state index in [1.807, 2.05) is 0 Å². The lowest BCUT2D eigenvalue weighted by atomic mass is 9.87. The summed E-state index contributed by atoms with van der Waals surface area (Å²) in [5.74, 6) is 0. The monoisotopic (exact) mass is 675 g/mol. The number of hydrogen-bond donors (Lipinski definition) is 0. The van der Waals surface area contributed by atoms with Crippen molar-refractivity contribution in [2.45, 2.75) is 0 Å². The van der Waals surface area contributed by atoms with E-state index in [9.17, 15) is 0 Å². The maximum atomic E-state index is 2.43. The van der Waals surface area contributed by atoms with Gasteiger partial charge in [0.25, 0.3) is 0 Å². The summed E-state index contributed by atoms with van der Waals surface area (Å²) in [7, 11) is 0. The van der Waals surface area contributed by atoms with Crippen LogP contribution in [-0.2, 0) is 0 Å². The van der Waals surface area contributed by atoms with Crippen LogP contribution in [0.2, 0.25) is 0 Å². The normalized spacial score (nSPS) is 11.0. The Morgan fingerprint density at radius 3 is 1.38 bits per heavy atom. The highest BCUT2D eigenvalue weighted by molar-refractivity contribution is 6.02. The molecule has 0 amide bonds. The molecule has 0 radical (unpaired) electrons. The second-order valence-corrected chi connectivity index (χ2v) is 13.3. The summed E-state index contributed by atoms with van der Waals surface area (Å²) in [5, 5.41) is 2.41. The van der Waals surface area contributed by atoms with Crippen molar-refractivity contribution < 1.29 is 0 Å². The van der Waals surface area contributed by atoms with Gasteiger partial charge in [0.2, 0.25) is 0 Å². The highest BCUT2D eigenvalue weighted by atomic mass is 15.1. The van der Waals surface area contributed by atoms with Gasteiger partial charge >= 0.3 is 0 Å². The van der Waals surface area contributed by atoms with Gasteiger partial charge in [0.1, 0.15) is 0 Å². The van der Waals surface area contributed by atoms with Gasteiger partial charge in [-0.2, -0.15) is 0 Å². The Morgan fingerprint density at radius 2 is 0.736 bits per heavy atom. The highest BCUT2D eigenvalue weighted by Gasteiger charge is 2.21. The topological polar surface area (TPSA) is 3.24 Å². The van der Waals surface area contributed by atoms with E-state index in [2.05, 4.69) is 229 Å². The van der Waals surface area contributed by atoms with Crippen molar-refractivity contribution in [3.63, 3.8) is 0 Å². The minimum Gasteiger partial charge on any atom is -0.309 e. The predicted molar refractivity (Wildman–Crippen MR) is 226 cm³/mol. The van der Waals surface area contributed by atoms with E-state index >= 15 is 0 Å². The van der Waals surface area contributed by atoms with Crippen molar-refractivity contribution in [2.75, 3.05) is 4.90 Å². The molecule has 0 aromatic heterocycles.